The Balaban J connectivity index is 1.96. The van der Waals surface area contributed by atoms with Gasteiger partial charge in [-0.2, -0.15) is 0 Å². The third-order valence-electron chi connectivity index (χ3n) is 2.90. The second kappa shape index (κ2) is 5.15. The highest BCUT2D eigenvalue weighted by Gasteiger charge is 2.08. The van der Waals surface area contributed by atoms with Crippen LogP contribution in [0.2, 0.25) is 0 Å². The minimum Gasteiger partial charge on any atom is -0.339 e. The normalized spacial score (nSPS) is 10.8. The van der Waals surface area contributed by atoms with E-state index < -0.39 is 0 Å². The number of hydrogen-bond acceptors (Lipinski definition) is 4. The number of rotatable bonds is 3. The maximum atomic E-state index is 5.78. The summed E-state index contributed by atoms with van der Waals surface area (Å²) in [6, 6.07) is 8.03. The van der Waals surface area contributed by atoms with Gasteiger partial charge in [0, 0.05) is 11.6 Å². The van der Waals surface area contributed by atoms with Gasteiger partial charge in [-0.15, -0.1) is 22.9 Å². The number of aromatic nitrogens is 2. The Bertz CT molecular complexity index is 706. The molecule has 0 saturated carbocycles. The standard InChI is InChI=1S/C14H12ClN3S/c1-9-7-19-13-12(9)16-8-17-14(13)18-11-4-2-10(6-15)3-5-11/h2-5,7-8H,6H2,1H3,(H,16,17,18). The van der Waals surface area contributed by atoms with Crippen LogP contribution >= 0.6 is 22.9 Å². The van der Waals surface area contributed by atoms with Crippen molar-refractivity contribution in [3.8, 4) is 0 Å². The number of halogens is 1. The van der Waals surface area contributed by atoms with Crippen LogP contribution in [0.1, 0.15) is 11.1 Å². The smallest absolute Gasteiger partial charge is 0.151 e. The molecular weight excluding hydrogens is 278 g/mol. The SMILES string of the molecule is Cc1csc2c(Nc3ccc(CCl)cc3)ncnc12. The van der Waals surface area contributed by atoms with Gasteiger partial charge < -0.3 is 5.32 Å². The van der Waals surface area contributed by atoms with Gasteiger partial charge in [-0.1, -0.05) is 12.1 Å². The number of thiophene rings is 1. The van der Waals surface area contributed by atoms with E-state index in [0.717, 1.165) is 27.3 Å². The molecule has 96 valence electrons. The largest absolute Gasteiger partial charge is 0.339 e. The number of nitrogens with zero attached hydrogens (tertiary/aromatic N) is 2. The summed E-state index contributed by atoms with van der Waals surface area (Å²) in [7, 11) is 0. The third-order valence-corrected chi connectivity index (χ3v) is 4.30. The van der Waals surface area contributed by atoms with E-state index in [1.807, 2.05) is 24.3 Å². The molecule has 0 bridgehead atoms. The zero-order chi connectivity index (χ0) is 13.2. The number of benzene rings is 1. The molecule has 3 nitrogen and oxygen atoms in total. The number of anilines is 2. The summed E-state index contributed by atoms with van der Waals surface area (Å²) in [6.45, 7) is 2.06. The zero-order valence-electron chi connectivity index (χ0n) is 10.4. The lowest BCUT2D eigenvalue weighted by Gasteiger charge is -2.06. The molecule has 3 aromatic rings. The first-order chi connectivity index (χ1) is 9.28. The summed E-state index contributed by atoms with van der Waals surface area (Å²) in [4.78, 5) is 8.63. The van der Waals surface area contributed by atoms with Crippen molar-refractivity contribution < 1.29 is 0 Å². The fourth-order valence-electron chi connectivity index (χ4n) is 1.87. The monoisotopic (exact) mass is 289 g/mol. The summed E-state index contributed by atoms with van der Waals surface area (Å²) < 4.78 is 1.08. The van der Waals surface area contributed by atoms with Gasteiger partial charge in [0.25, 0.3) is 0 Å². The molecule has 0 amide bonds. The van der Waals surface area contributed by atoms with Crippen LogP contribution in [0.4, 0.5) is 11.5 Å². The third kappa shape index (κ3) is 2.41. The molecule has 2 heterocycles. The summed E-state index contributed by atoms with van der Waals surface area (Å²) >= 11 is 7.44. The van der Waals surface area contributed by atoms with Crippen LogP contribution in [0.15, 0.2) is 36.0 Å². The van der Waals surface area contributed by atoms with E-state index in [-0.39, 0.29) is 0 Å². The topological polar surface area (TPSA) is 37.8 Å². The molecule has 1 N–H and O–H groups in total. The number of aryl methyl sites for hydroxylation is 1. The molecule has 19 heavy (non-hydrogen) atoms. The van der Waals surface area contributed by atoms with Crippen molar-refractivity contribution >= 4 is 44.7 Å². The summed E-state index contributed by atoms with van der Waals surface area (Å²) in [6.07, 6.45) is 1.59. The van der Waals surface area contributed by atoms with Crippen LogP contribution in [0.3, 0.4) is 0 Å². The van der Waals surface area contributed by atoms with Gasteiger partial charge in [0.15, 0.2) is 5.82 Å². The predicted octanol–water partition coefficient (Wildman–Crippen LogP) is 4.48. The molecule has 0 aliphatic carbocycles. The number of nitrogens with one attached hydrogen (secondary N) is 1. The van der Waals surface area contributed by atoms with Gasteiger partial charge in [-0.05, 0) is 35.6 Å². The molecule has 0 fully saturated rings. The van der Waals surface area contributed by atoms with E-state index in [9.17, 15) is 0 Å². The van der Waals surface area contributed by atoms with E-state index in [0.29, 0.717) is 5.88 Å². The molecule has 0 spiro atoms. The summed E-state index contributed by atoms with van der Waals surface area (Å²) in [5, 5.41) is 5.43. The summed E-state index contributed by atoms with van der Waals surface area (Å²) in [5.74, 6) is 1.38. The van der Waals surface area contributed by atoms with Crippen molar-refractivity contribution in [2.24, 2.45) is 0 Å². The Morgan fingerprint density at radius 3 is 2.74 bits per heavy atom. The van der Waals surface area contributed by atoms with E-state index in [2.05, 4.69) is 27.6 Å². The van der Waals surface area contributed by atoms with Crippen LogP contribution in [0.25, 0.3) is 10.2 Å². The maximum Gasteiger partial charge on any atom is 0.151 e. The highest BCUT2D eigenvalue weighted by atomic mass is 35.5. The zero-order valence-corrected chi connectivity index (χ0v) is 11.9. The molecule has 1 aromatic carbocycles. The Hall–Kier alpha value is -1.65. The number of fused-ring (bicyclic) bond motifs is 1. The molecule has 0 unspecified atom stereocenters. The van der Waals surface area contributed by atoms with Crippen LogP contribution in [0.5, 0.6) is 0 Å². The van der Waals surface area contributed by atoms with E-state index >= 15 is 0 Å². The molecular formula is C14H12ClN3S. The highest BCUT2D eigenvalue weighted by Crippen LogP contribution is 2.30. The van der Waals surface area contributed by atoms with Gasteiger partial charge in [0.2, 0.25) is 0 Å². The molecule has 2 aromatic heterocycles. The minimum absolute atomic E-state index is 0.530. The van der Waals surface area contributed by atoms with Crippen molar-refractivity contribution in [2.75, 3.05) is 5.32 Å². The molecule has 0 aliphatic heterocycles. The van der Waals surface area contributed by atoms with Crippen molar-refractivity contribution in [2.45, 2.75) is 12.8 Å². The fourth-order valence-corrected chi connectivity index (χ4v) is 3.00. The second-order valence-electron chi connectivity index (χ2n) is 4.27. The van der Waals surface area contributed by atoms with Crippen LogP contribution in [-0.4, -0.2) is 9.97 Å². The minimum atomic E-state index is 0.530. The highest BCUT2D eigenvalue weighted by molar-refractivity contribution is 7.18. The van der Waals surface area contributed by atoms with E-state index in [1.54, 1.807) is 17.7 Å². The molecule has 0 aliphatic rings. The van der Waals surface area contributed by atoms with Gasteiger partial charge in [-0.25, -0.2) is 9.97 Å². The van der Waals surface area contributed by atoms with Crippen LogP contribution in [0, 0.1) is 6.92 Å². The predicted molar refractivity (Wildman–Crippen MR) is 81.4 cm³/mol. The first-order valence-electron chi connectivity index (χ1n) is 5.88. The second-order valence-corrected chi connectivity index (χ2v) is 5.42. The van der Waals surface area contributed by atoms with Gasteiger partial charge in [-0.3, -0.25) is 0 Å². The molecule has 0 saturated heterocycles. The van der Waals surface area contributed by atoms with Gasteiger partial charge in [0.1, 0.15) is 6.33 Å². The Morgan fingerprint density at radius 2 is 2.00 bits per heavy atom. The van der Waals surface area contributed by atoms with Crippen molar-refractivity contribution in [1.29, 1.82) is 0 Å². The average Bonchev–Trinajstić information content (AvgIpc) is 2.83. The quantitative estimate of drug-likeness (QED) is 0.722. The van der Waals surface area contributed by atoms with Gasteiger partial charge >= 0.3 is 0 Å². The molecule has 0 atom stereocenters. The van der Waals surface area contributed by atoms with Crippen molar-refractivity contribution in [3.63, 3.8) is 0 Å². The van der Waals surface area contributed by atoms with Crippen molar-refractivity contribution in [3.05, 3.63) is 47.1 Å². The molecule has 3 rings (SSSR count). The lowest BCUT2D eigenvalue weighted by molar-refractivity contribution is 1.22. The number of hydrogen-bond donors (Lipinski definition) is 1. The summed E-state index contributed by atoms with van der Waals surface area (Å²) in [5.41, 5.74) is 4.30. The first kappa shape index (κ1) is 12.4. The van der Waals surface area contributed by atoms with E-state index in [1.165, 1.54) is 5.56 Å². The Kier molecular flexibility index (Phi) is 3.36. The lowest BCUT2D eigenvalue weighted by atomic mass is 10.2. The van der Waals surface area contributed by atoms with Crippen LogP contribution in [-0.2, 0) is 5.88 Å². The average molecular weight is 290 g/mol. The lowest BCUT2D eigenvalue weighted by Crippen LogP contribution is -1.94. The fraction of sp³-hybridized carbons (Fsp3) is 0.143. The first-order valence-corrected chi connectivity index (χ1v) is 7.30. The van der Waals surface area contributed by atoms with Crippen LogP contribution < -0.4 is 5.32 Å². The van der Waals surface area contributed by atoms with Gasteiger partial charge in [0.05, 0.1) is 10.2 Å². The van der Waals surface area contributed by atoms with Crippen molar-refractivity contribution in [1.82, 2.24) is 9.97 Å². The number of alkyl halides is 1. The Morgan fingerprint density at radius 1 is 1.21 bits per heavy atom. The van der Waals surface area contributed by atoms with E-state index in [4.69, 9.17) is 11.6 Å². The Labute approximate surface area is 120 Å². The maximum absolute atomic E-state index is 5.78. The molecule has 5 heteroatoms. The molecule has 0 radical (unpaired) electrons.